The molecule has 7 rings (SSSR count). The number of benzene rings is 1. The first-order chi connectivity index (χ1) is 18.4. The number of aromatic nitrogens is 4. The predicted octanol–water partition coefficient (Wildman–Crippen LogP) is 4.50. The SMILES string of the molecule is CC1(O)C[C@H](c2ccccc2OC(F)F)c2c1nc1ccc(-c3cnc(N4[C@@H]5CC[C@H]4COC5)nc3)cn21. The lowest BCUT2D eigenvalue weighted by Gasteiger charge is -2.34. The summed E-state index contributed by atoms with van der Waals surface area (Å²) in [5.74, 6) is 0.444. The number of fused-ring (bicyclic) bond motifs is 5. The average molecular weight is 520 g/mol. The first-order valence-corrected chi connectivity index (χ1v) is 12.9. The molecule has 5 heterocycles. The first kappa shape index (κ1) is 23.5. The van der Waals surface area contributed by atoms with Gasteiger partial charge < -0.3 is 23.9 Å². The third-order valence-corrected chi connectivity index (χ3v) is 8.05. The van der Waals surface area contributed by atoms with Crippen LogP contribution in [0.25, 0.3) is 16.8 Å². The molecule has 1 aromatic carbocycles. The van der Waals surface area contributed by atoms with Crippen molar-refractivity contribution >= 4 is 11.6 Å². The van der Waals surface area contributed by atoms with Gasteiger partial charge in [0.25, 0.3) is 0 Å². The van der Waals surface area contributed by atoms with E-state index in [2.05, 4.69) is 4.90 Å². The van der Waals surface area contributed by atoms with Gasteiger partial charge in [-0.05, 0) is 44.4 Å². The quantitative estimate of drug-likeness (QED) is 0.416. The molecule has 4 aromatic rings. The molecule has 0 saturated carbocycles. The number of imidazole rings is 1. The highest BCUT2D eigenvalue weighted by Crippen LogP contribution is 2.49. The van der Waals surface area contributed by atoms with E-state index in [1.165, 1.54) is 6.07 Å². The van der Waals surface area contributed by atoms with E-state index in [9.17, 15) is 13.9 Å². The molecule has 1 aliphatic carbocycles. The summed E-state index contributed by atoms with van der Waals surface area (Å²) >= 11 is 0. The second-order valence-electron chi connectivity index (χ2n) is 10.5. The van der Waals surface area contributed by atoms with Crippen molar-refractivity contribution in [2.24, 2.45) is 0 Å². The molecule has 1 N–H and O–H groups in total. The molecule has 3 aliphatic rings. The Balaban J connectivity index is 1.28. The lowest BCUT2D eigenvalue weighted by molar-refractivity contribution is -0.0506. The van der Waals surface area contributed by atoms with E-state index in [-0.39, 0.29) is 11.7 Å². The van der Waals surface area contributed by atoms with Crippen LogP contribution in [0.4, 0.5) is 14.7 Å². The van der Waals surface area contributed by atoms with E-state index < -0.39 is 12.2 Å². The average Bonchev–Trinajstić information content (AvgIpc) is 3.50. The molecular weight excluding hydrogens is 492 g/mol. The molecule has 1 unspecified atom stereocenters. The Morgan fingerprint density at radius 1 is 1.05 bits per heavy atom. The van der Waals surface area contributed by atoms with Crippen molar-refractivity contribution in [3.63, 3.8) is 0 Å². The third kappa shape index (κ3) is 3.73. The smallest absolute Gasteiger partial charge is 0.387 e. The number of hydrogen-bond donors (Lipinski definition) is 1. The summed E-state index contributed by atoms with van der Waals surface area (Å²) in [6, 6.07) is 11.2. The fraction of sp³-hybridized carbons (Fsp3) is 0.393. The molecule has 4 atom stereocenters. The van der Waals surface area contributed by atoms with Crippen LogP contribution in [0.3, 0.4) is 0 Å². The lowest BCUT2D eigenvalue weighted by atomic mass is 9.93. The maximum Gasteiger partial charge on any atom is 0.387 e. The molecule has 2 saturated heterocycles. The largest absolute Gasteiger partial charge is 0.435 e. The van der Waals surface area contributed by atoms with Gasteiger partial charge in [-0.25, -0.2) is 15.0 Å². The summed E-state index contributed by atoms with van der Waals surface area (Å²) in [7, 11) is 0. The minimum Gasteiger partial charge on any atom is -0.435 e. The molecule has 3 aromatic heterocycles. The Bertz CT molecular complexity index is 1490. The molecule has 2 aliphatic heterocycles. The number of para-hydroxylation sites is 1. The number of hydrogen-bond acceptors (Lipinski definition) is 7. The van der Waals surface area contributed by atoms with Crippen LogP contribution in [0, 0.1) is 0 Å². The van der Waals surface area contributed by atoms with Crippen molar-refractivity contribution in [1.29, 1.82) is 0 Å². The number of aliphatic hydroxyl groups is 1. The van der Waals surface area contributed by atoms with Crippen LogP contribution >= 0.6 is 0 Å². The predicted molar refractivity (Wildman–Crippen MR) is 135 cm³/mol. The van der Waals surface area contributed by atoms with Crippen LogP contribution < -0.4 is 9.64 Å². The fourth-order valence-electron chi connectivity index (χ4n) is 6.34. The number of anilines is 1. The Morgan fingerprint density at radius 3 is 2.53 bits per heavy atom. The normalized spacial score (nSPS) is 26.3. The van der Waals surface area contributed by atoms with E-state index in [1.807, 2.05) is 35.1 Å². The van der Waals surface area contributed by atoms with Gasteiger partial charge >= 0.3 is 6.61 Å². The number of halogens is 2. The first-order valence-electron chi connectivity index (χ1n) is 12.9. The van der Waals surface area contributed by atoms with E-state index in [0.29, 0.717) is 48.6 Å². The summed E-state index contributed by atoms with van der Waals surface area (Å²) in [5.41, 5.74) is 3.08. The monoisotopic (exact) mass is 519 g/mol. The van der Waals surface area contributed by atoms with Crippen molar-refractivity contribution < 1.29 is 23.4 Å². The van der Waals surface area contributed by atoms with E-state index in [4.69, 9.17) is 24.4 Å². The summed E-state index contributed by atoms with van der Waals surface area (Å²) in [5, 5.41) is 11.2. The second kappa shape index (κ2) is 8.71. The number of morpholine rings is 1. The van der Waals surface area contributed by atoms with E-state index >= 15 is 0 Å². The fourth-order valence-corrected chi connectivity index (χ4v) is 6.34. The van der Waals surface area contributed by atoms with Gasteiger partial charge in [-0.1, -0.05) is 18.2 Å². The Labute approximate surface area is 217 Å². The standard InChI is InChI=1S/C28H27F2N5O3/c1-28(36)10-21(20-4-2-3-5-22(20)38-26(29)30)24-25(28)33-23-9-6-16(13-34(23)24)17-11-31-27(32-12-17)35-18-7-8-19(35)15-37-14-18/h2-6,9,11-13,18-19,21,26,36H,7-8,10,14-15H2,1H3/t18-,19+,21-,28?/m1/s1. The van der Waals surface area contributed by atoms with Gasteiger partial charge in [0.05, 0.1) is 36.7 Å². The van der Waals surface area contributed by atoms with Crippen molar-refractivity contribution in [2.75, 3.05) is 18.1 Å². The number of nitrogens with zero attached hydrogens (tertiary/aromatic N) is 5. The van der Waals surface area contributed by atoms with Crippen molar-refractivity contribution in [1.82, 2.24) is 19.4 Å². The number of alkyl halides is 2. The summed E-state index contributed by atoms with van der Waals surface area (Å²) in [4.78, 5) is 16.4. The number of pyridine rings is 1. The molecule has 2 bridgehead atoms. The van der Waals surface area contributed by atoms with Crippen molar-refractivity contribution in [3.8, 4) is 16.9 Å². The van der Waals surface area contributed by atoms with E-state index in [1.54, 1.807) is 25.1 Å². The molecule has 196 valence electrons. The zero-order valence-electron chi connectivity index (χ0n) is 20.8. The van der Waals surface area contributed by atoms with Crippen LogP contribution in [0.2, 0.25) is 0 Å². The maximum atomic E-state index is 13.2. The summed E-state index contributed by atoms with van der Waals surface area (Å²) in [6.07, 6.45) is 8.09. The van der Waals surface area contributed by atoms with Gasteiger partial charge in [0.2, 0.25) is 5.95 Å². The molecule has 0 spiro atoms. The zero-order valence-corrected chi connectivity index (χ0v) is 20.8. The number of rotatable bonds is 5. The topological polar surface area (TPSA) is 85.0 Å². The minimum atomic E-state index is -2.94. The van der Waals surface area contributed by atoms with Gasteiger partial charge in [0.15, 0.2) is 0 Å². The van der Waals surface area contributed by atoms with Crippen LogP contribution in [0.5, 0.6) is 5.75 Å². The van der Waals surface area contributed by atoms with E-state index in [0.717, 1.165) is 35.6 Å². The van der Waals surface area contributed by atoms with Crippen LogP contribution in [-0.2, 0) is 10.3 Å². The zero-order chi connectivity index (χ0) is 26.0. The highest BCUT2D eigenvalue weighted by atomic mass is 19.3. The summed E-state index contributed by atoms with van der Waals surface area (Å²) in [6.45, 7) is 0.184. The van der Waals surface area contributed by atoms with Gasteiger partial charge in [-0.3, -0.25) is 0 Å². The highest BCUT2D eigenvalue weighted by Gasteiger charge is 2.45. The second-order valence-corrected chi connectivity index (χ2v) is 10.5. The molecule has 0 radical (unpaired) electrons. The van der Waals surface area contributed by atoms with Gasteiger partial charge in [-0.2, -0.15) is 8.78 Å². The van der Waals surface area contributed by atoms with Crippen LogP contribution in [0.1, 0.15) is 49.1 Å². The third-order valence-electron chi connectivity index (χ3n) is 8.05. The maximum absolute atomic E-state index is 13.2. The molecule has 8 nitrogen and oxygen atoms in total. The molecule has 10 heteroatoms. The van der Waals surface area contributed by atoms with Crippen molar-refractivity contribution in [2.45, 2.75) is 56.4 Å². The van der Waals surface area contributed by atoms with Crippen LogP contribution in [0.15, 0.2) is 55.0 Å². The van der Waals surface area contributed by atoms with Crippen LogP contribution in [-0.4, -0.2) is 56.4 Å². The molecule has 38 heavy (non-hydrogen) atoms. The Hall–Kier alpha value is -3.63. The van der Waals surface area contributed by atoms with Gasteiger partial charge in [-0.15, -0.1) is 0 Å². The Kier molecular flexibility index (Phi) is 5.38. The molecular formula is C28H27F2N5O3. The van der Waals surface area contributed by atoms with Crippen molar-refractivity contribution in [3.05, 3.63) is 71.9 Å². The highest BCUT2D eigenvalue weighted by molar-refractivity contribution is 5.65. The van der Waals surface area contributed by atoms with Gasteiger partial charge in [0, 0.05) is 41.2 Å². The number of ether oxygens (including phenoxy) is 2. The summed E-state index contributed by atoms with van der Waals surface area (Å²) < 4.78 is 38.8. The molecule has 2 fully saturated rings. The molecule has 0 amide bonds. The minimum absolute atomic E-state index is 0.100. The Morgan fingerprint density at radius 2 is 1.79 bits per heavy atom. The van der Waals surface area contributed by atoms with Gasteiger partial charge in [0.1, 0.15) is 17.0 Å². The lowest BCUT2D eigenvalue weighted by Crippen LogP contribution is -2.46.